The Bertz CT molecular complexity index is 1500. The number of halogens is 1. The first-order valence-corrected chi connectivity index (χ1v) is 13.4. The molecule has 5 rings (SSSR count). The van der Waals surface area contributed by atoms with E-state index < -0.39 is 11.9 Å². The molecule has 1 atom stereocenters. The van der Waals surface area contributed by atoms with Gasteiger partial charge in [0.2, 0.25) is 12.7 Å². The highest BCUT2D eigenvalue weighted by Crippen LogP contribution is 2.38. The van der Waals surface area contributed by atoms with Gasteiger partial charge in [-0.25, -0.2) is 4.79 Å². The summed E-state index contributed by atoms with van der Waals surface area (Å²) in [4.78, 5) is 40.9. The van der Waals surface area contributed by atoms with Crippen molar-refractivity contribution in [2.24, 2.45) is 0 Å². The average Bonchev–Trinajstić information content (AvgIpc) is 3.42. The zero-order valence-electron chi connectivity index (χ0n) is 22.2. The largest absolute Gasteiger partial charge is 0.463 e. The van der Waals surface area contributed by atoms with Crippen LogP contribution in [0.15, 0.2) is 78.0 Å². The van der Waals surface area contributed by atoms with Gasteiger partial charge in [-0.15, -0.1) is 0 Å². The fourth-order valence-corrected chi connectivity index (χ4v) is 5.21. The normalized spacial score (nSPS) is 16.2. The number of carbonyl (C=O) groups excluding carboxylic acids is 3. The van der Waals surface area contributed by atoms with E-state index in [-0.39, 0.29) is 38.2 Å². The van der Waals surface area contributed by atoms with Crippen LogP contribution >= 0.6 is 11.6 Å². The number of fused-ring (bicyclic) bond motifs is 1. The third kappa shape index (κ3) is 5.82. The van der Waals surface area contributed by atoms with Crippen molar-refractivity contribution in [1.29, 1.82) is 0 Å². The molecule has 9 heteroatoms. The molecule has 0 fully saturated rings. The van der Waals surface area contributed by atoms with Crippen LogP contribution in [0.25, 0.3) is 0 Å². The molecule has 40 heavy (non-hydrogen) atoms. The summed E-state index contributed by atoms with van der Waals surface area (Å²) < 4.78 is 16.1. The maximum atomic E-state index is 13.4. The Kier molecular flexibility index (Phi) is 8.07. The van der Waals surface area contributed by atoms with E-state index in [1.807, 2.05) is 30.3 Å². The van der Waals surface area contributed by atoms with Gasteiger partial charge in [0.25, 0.3) is 5.91 Å². The maximum Gasteiger partial charge on any atom is 0.336 e. The summed E-state index contributed by atoms with van der Waals surface area (Å²) in [6, 6.07) is 19.8. The number of rotatable bonds is 8. The second-order valence-corrected chi connectivity index (χ2v) is 10.0. The Balaban J connectivity index is 1.34. The Morgan fingerprint density at radius 2 is 1.82 bits per heavy atom. The van der Waals surface area contributed by atoms with Crippen LogP contribution in [0.3, 0.4) is 0 Å². The standard InChI is InChI=1S/C31H29ClN2O6/c1-3-38-31(37)29-19(2)34(28(35)15-25(29)22-7-5-9-24(32)14-22)17-21-6-4-8-23(12-21)30(36)33-16-20-10-11-26-27(13-20)40-18-39-26/h4-14,25H,3,15-18H2,1-2H3,(H,33,36). The first-order chi connectivity index (χ1) is 19.3. The molecule has 2 heterocycles. The molecule has 3 aromatic carbocycles. The molecule has 2 aliphatic rings. The van der Waals surface area contributed by atoms with E-state index in [0.29, 0.717) is 39.9 Å². The van der Waals surface area contributed by atoms with Gasteiger partial charge in [0.05, 0.1) is 18.7 Å². The minimum Gasteiger partial charge on any atom is -0.463 e. The Morgan fingerprint density at radius 1 is 1.02 bits per heavy atom. The summed E-state index contributed by atoms with van der Waals surface area (Å²) in [7, 11) is 0. The van der Waals surface area contributed by atoms with Crippen molar-refractivity contribution in [3.05, 3.63) is 105 Å². The molecule has 3 aromatic rings. The zero-order chi connectivity index (χ0) is 28.2. The van der Waals surface area contributed by atoms with E-state index in [1.54, 1.807) is 55.1 Å². The van der Waals surface area contributed by atoms with E-state index >= 15 is 0 Å². The molecule has 0 saturated heterocycles. The molecule has 2 aliphatic heterocycles. The zero-order valence-corrected chi connectivity index (χ0v) is 23.0. The number of nitrogens with zero attached hydrogens (tertiary/aromatic N) is 1. The number of hydrogen-bond donors (Lipinski definition) is 1. The van der Waals surface area contributed by atoms with Crippen LogP contribution < -0.4 is 14.8 Å². The van der Waals surface area contributed by atoms with Crippen LogP contribution in [-0.4, -0.2) is 36.1 Å². The van der Waals surface area contributed by atoms with Crippen molar-refractivity contribution in [3.8, 4) is 11.5 Å². The van der Waals surface area contributed by atoms with Crippen LogP contribution in [-0.2, 0) is 27.4 Å². The van der Waals surface area contributed by atoms with E-state index in [2.05, 4.69) is 5.32 Å². The number of hydrogen-bond acceptors (Lipinski definition) is 6. The number of allylic oxidation sites excluding steroid dienone is 1. The summed E-state index contributed by atoms with van der Waals surface area (Å²) in [6.45, 7) is 4.43. The molecule has 8 nitrogen and oxygen atoms in total. The van der Waals surface area contributed by atoms with Gasteiger partial charge in [-0.05, 0) is 66.9 Å². The summed E-state index contributed by atoms with van der Waals surface area (Å²) in [6.07, 6.45) is 0.0987. The van der Waals surface area contributed by atoms with Gasteiger partial charge in [-0.2, -0.15) is 0 Å². The Morgan fingerprint density at radius 3 is 2.62 bits per heavy atom. The summed E-state index contributed by atoms with van der Waals surface area (Å²) in [5.41, 5.74) is 3.84. The molecule has 0 spiro atoms. The maximum absolute atomic E-state index is 13.4. The average molecular weight is 561 g/mol. The van der Waals surface area contributed by atoms with Crippen molar-refractivity contribution in [2.45, 2.75) is 39.3 Å². The molecule has 0 saturated carbocycles. The molecule has 0 radical (unpaired) electrons. The first-order valence-electron chi connectivity index (χ1n) is 13.0. The van der Waals surface area contributed by atoms with E-state index in [0.717, 1.165) is 16.7 Å². The highest BCUT2D eigenvalue weighted by molar-refractivity contribution is 6.30. The molecule has 0 aliphatic carbocycles. The summed E-state index contributed by atoms with van der Waals surface area (Å²) in [5.74, 6) is 0.0413. The summed E-state index contributed by atoms with van der Waals surface area (Å²) in [5, 5.41) is 3.45. The van der Waals surface area contributed by atoms with Crippen molar-refractivity contribution >= 4 is 29.4 Å². The number of amides is 2. The van der Waals surface area contributed by atoms with Crippen molar-refractivity contribution in [1.82, 2.24) is 10.2 Å². The van der Waals surface area contributed by atoms with Gasteiger partial charge >= 0.3 is 5.97 Å². The predicted molar refractivity (Wildman–Crippen MR) is 149 cm³/mol. The van der Waals surface area contributed by atoms with Crippen LogP contribution in [0.2, 0.25) is 5.02 Å². The minimum absolute atomic E-state index is 0.0987. The molecule has 0 aromatic heterocycles. The molecule has 1 unspecified atom stereocenters. The molecule has 2 amide bonds. The SMILES string of the molecule is CCOC(=O)C1=C(C)N(Cc2cccc(C(=O)NCc3ccc4c(c3)OCO4)c2)C(=O)CC1c1cccc(Cl)c1. The van der Waals surface area contributed by atoms with Crippen molar-refractivity contribution < 1.29 is 28.6 Å². The van der Waals surface area contributed by atoms with Crippen molar-refractivity contribution in [2.75, 3.05) is 13.4 Å². The molecule has 1 N–H and O–H groups in total. The van der Waals surface area contributed by atoms with E-state index in [4.69, 9.17) is 25.8 Å². The lowest BCUT2D eigenvalue weighted by molar-refractivity contribution is -0.140. The molecule has 206 valence electrons. The molecular formula is C31H29ClN2O6. The van der Waals surface area contributed by atoms with Crippen molar-refractivity contribution in [3.63, 3.8) is 0 Å². The summed E-state index contributed by atoms with van der Waals surface area (Å²) >= 11 is 6.21. The Hall–Kier alpha value is -4.30. The van der Waals surface area contributed by atoms with Crippen LogP contribution in [0, 0.1) is 0 Å². The Labute approximate surface area is 237 Å². The number of esters is 1. The van der Waals surface area contributed by atoms with Crippen LogP contribution in [0.4, 0.5) is 0 Å². The van der Waals surface area contributed by atoms with Gasteiger partial charge in [-0.3, -0.25) is 9.59 Å². The third-order valence-electron chi connectivity index (χ3n) is 6.99. The second kappa shape index (κ2) is 11.8. The third-order valence-corrected chi connectivity index (χ3v) is 7.22. The monoisotopic (exact) mass is 560 g/mol. The fraction of sp³-hybridized carbons (Fsp3) is 0.258. The van der Waals surface area contributed by atoms with E-state index in [9.17, 15) is 14.4 Å². The first kappa shape index (κ1) is 27.3. The van der Waals surface area contributed by atoms with Crippen LogP contribution in [0.5, 0.6) is 11.5 Å². The van der Waals surface area contributed by atoms with Gasteiger partial charge < -0.3 is 24.4 Å². The highest BCUT2D eigenvalue weighted by atomic mass is 35.5. The second-order valence-electron chi connectivity index (χ2n) is 9.58. The minimum atomic E-state index is -0.463. The van der Waals surface area contributed by atoms with Gasteiger partial charge in [0.15, 0.2) is 11.5 Å². The predicted octanol–water partition coefficient (Wildman–Crippen LogP) is 5.35. The fourth-order valence-electron chi connectivity index (χ4n) is 5.01. The number of benzene rings is 3. The lowest BCUT2D eigenvalue weighted by Gasteiger charge is -2.34. The number of ether oxygens (including phenoxy) is 3. The number of carbonyl (C=O) groups is 3. The number of nitrogens with one attached hydrogen (secondary N) is 1. The molecule has 0 bridgehead atoms. The van der Waals surface area contributed by atoms with Gasteiger partial charge in [0, 0.05) is 35.2 Å². The smallest absolute Gasteiger partial charge is 0.336 e. The lowest BCUT2D eigenvalue weighted by atomic mass is 9.83. The van der Waals surface area contributed by atoms with Gasteiger partial charge in [-0.1, -0.05) is 41.9 Å². The van der Waals surface area contributed by atoms with Crippen LogP contribution in [0.1, 0.15) is 53.2 Å². The molecular weight excluding hydrogens is 532 g/mol. The lowest BCUT2D eigenvalue weighted by Crippen LogP contribution is -2.38. The topological polar surface area (TPSA) is 94.2 Å². The van der Waals surface area contributed by atoms with E-state index in [1.165, 1.54) is 0 Å². The van der Waals surface area contributed by atoms with Gasteiger partial charge in [0.1, 0.15) is 0 Å². The highest BCUT2D eigenvalue weighted by Gasteiger charge is 2.37. The quantitative estimate of drug-likeness (QED) is 0.373.